The van der Waals surface area contributed by atoms with Gasteiger partial charge < -0.3 is 9.47 Å². The number of hydrogen-bond donors (Lipinski definition) is 0. The highest BCUT2D eigenvalue weighted by Crippen LogP contribution is 2.19. The van der Waals surface area contributed by atoms with E-state index >= 15 is 0 Å². The normalized spacial score (nSPS) is 27.3. The first-order valence-electron chi connectivity index (χ1n) is 3.87. The first-order chi connectivity index (χ1) is 4.58. The summed E-state index contributed by atoms with van der Waals surface area (Å²) >= 11 is 0. The van der Waals surface area contributed by atoms with E-state index in [0.29, 0.717) is 0 Å². The Morgan fingerprint density at radius 2 is 2.10 bits per heavy atom. The van der Waals surface area contributed by atoms with Crippen LogP contribution in [0.1, 0.15) is 33.6 Å². The van der Waals surface area contributed by atoms with Crippen molar-refractivity contribution >= 4 is 0 Å². The first kappa shape index (κ1) is 8.02. The summed E-state index contributed by atoms with van der Waals surface area (Å²) in [5.41, 5.74) is -0.0605. The van der Waals surface area contributed by atoms with E-state index in [1.165, 1.54) is 0 Å². The van der Waals surface area contributed by atoms with Crippen molar-refractivity contribution in [3.63, 3.8) is 0 Å². The van der Waals surface area contributed by atoms with Crippen LogP contribution >= 0.6 is 0 Å². The van der Waals surface area contributed by atoms with Gasteiger partial charge in [-0.25, -0.2) is 0 Å². The minimum absolute atomic E-state index is 0.0556. The van der Waals surface area contributed by atoms with Gasteiger partial charge in [0.15, 0.2) is 6.29 Å². The van der Waals surface area contributed by atoms with Crippen molar-refractivity contribution in [2.45, 2.75) is 45.5 Å². The molecule has 1 aliphatic heterocycles. The molecule has 0 aliphatic carbocycles. The maximum Gasteiger partial charge on any atom is 0.158 e. The predicted octanol–water partition coefficient (Wildman–Crippen LogP) is 1.94. The largest absolute Gasteiger partial charge is 0.353 e. The van der Waals surface area contributed by atoms with Crippen LogP contribution in [0.5, 0.6) is 0 Å². The molecule has 0 aromatic carbocycles. The third-order valence-electron chi connectivity index (χ3n) is 1.37. The summed E-state index contributed by atoms with van der Waals surface area (Å²) in [6.07, 6.45) is 2.25. The summed E-state index contributed by atoms with van der Waals surface area (Å²) in [6, 6.07) is 0. The Labute approximate surface area is 62.5 Å². The van der Waals surface area contributed by atoms with Gasteiger partial charge in [0, 0.05) is 13.0 Å². The zero-order valence-electron chi connectivity index (χ0n) is 7.02. The van der Waals surface area contributed by atoms with Crippen LogP contribution in [0.25, 0.3) is 0 Å². The molecule has 0 saturated carbocycles. The van der Waals surface area contributed by atoms with Gasteiger partial charge in [-0.3, -0.25) is 0 Å². The Morgan fingerprint density at radius 1 is 1.40 bits per heavy atom. The standard InChI is InChI=1S/C8H16O2/c1-8(2,3)10-7-5-4-6-9-7/h7H,4-6H2,1-3H3/t7-/m1/s1. The Morgan fingerprint density at radius 3 is 2.50 bits per heavy atom. The van der Waals surface area contributed by atoms with Gasteiger partial charge in [-0.2, -0.15) is 0 Å². The molecule has 0 N–H and O–H groups in total. The molecule has 1 aliphatic rings. The van der Waals surface area contributed by atoms with Crippen molar-refractivity contribution in [1.29, 1.82) is 0 Å². The first-order valence-corrected chi connectivity index (χ1v) is 3.87. The average molecular weight is 144 g/mol. The summed E-state index contributed by atoms with van der Waals surface area (Å²) in [4.78, 5) is 0. The molecule has 0 radical (unpaired) electrons. The molecule has 0 amide bonds. The van der Waals surface area contributed by atoms with E-state index in [1.54, 1.807) is 0 Å². The van der Waals surface area contributed by atoms with Crippen molar-refractivity contribution in [3.05, 3.63) is 0 Å². The fraction of sp³-hybridized carbons (Fsp3) is 1.00. The van der Waals surface area contributed by atoms with E-state index in [2.05, 4.69) is 20.8 Å². The van der Waals surface area contributed by atoms with Crippen LogP contribution in [0.15, 0.2) is 0 Å². The second-order valence-corrected chi connectivity index (χ2v) is 3.67. The Kier molecular flexibility index (Phi) is 2.32. The zero-order valence-corrected chi connectivity index (χ0v) is 7.02. The molecule has 2 nitrogen and oxygen atoms in total. The Bertz CT molecular complexity index is 98.3. The van der Waals surface area contributed by atoms with Gasteiger partial charge in [-0.15, -0.1) is 0 Å². The van der Waals surface area contributed by atoms with Gasteiger partial charge >= 0.3 is 0 Å². The molecule has 0 spiro atoms. The minimum Gasteiger partial charge on any atom is -0.353 e. The quantitative estimate of drug-likeness (QED) is 0.560. The highest BCUT2D eigenvalue weighted by Gasteiger charge is 2.22. The molecule has 0 aromatic rings. The van der Waals surface area contributed by atoms with Crippen LogP contribution in [0.2, 0.25) is 0 Å². The Hall–Kier alpha value is -0.0800. The lowest BCUT2D eigenvalue weighted by atomic mass is 10.2. The van der Waals surface area contributed by atoms with Crippen LogP contribution in [0.4, 0.5) is 0 Å². The summed E-state index contributed by atoms with van der Waals surface area (Å²) < 4.78 is 10.9. The third kappa shape index (κ3) is 2.67. The zero-order chi connectivity index (χ0) is 7.61. The summed E-state index contributed by atoms with van der Waals surface area (Å²) in [6.45, 7) is 7.01. The van der Waals surface area contributed by atoms with E-state index in [1.807, 2.05) is 0 Å². The Balaban J connectivity index is 2.24. The van der Waals surface area contributed by atoms with Crippen molar-refractivity contribution < 1.29 is 9.47 Å². The topological polar surface area (TPSA) is 18.5 Å². The highest BCUT2D eigenvalue weighted by atomic mass is 16.7. The van der Waals surface area contributed by atoms with E-state index in [0.717, 1.165) is 19.4 Å². The summed E-state index contributed by atoms with van der Waals surface area (Å²) in [7, 11) is 0. The molecule has 10 heavy (non-hydrogen) atoms. The number of ether oxygens (including phenoxy) is 2. The summed E-state index contributed by atoms with van der Waals surface area (Å²) in [5.74, 6) is 0. The maximum absolute atomic E-state index is 5.58. The van der Waals surface area contributed by atoms with E-state index in [9.17, 15) is 0 Å². The van der Waals surface area contributed by atoms with Crippen molar-refractivity contribution in [3.8, 4) is 0 Å². The van der Waals surface area contributed by atoms with Gasteiger partial charge in [0.2, 0.25) is 0 Å². The van der Waals surface area contributed by atoms with E-state index in [4.69, 9.17) is 9.47 Å². The van der Waals surface area contributed by atoms with Crippen LogP contribution in [-0.2, 0) is 9.47 Å². The van der Waals surface area contributed by atoms with Crippen molar-refractivity contribution in [2.24, 2.45) is 0 Å². The molecule has 0 aromatic heterocycles. The van der Waals surface area contributed by atoms with Crippen LogP contribution in [0, 0.1) is 0 Å². The lowest BCUT2D eigenvalue weighted by molar-refractivity contribution is -0.171. The van der Waals surface area contributed by atoms with E-state index < -0.39 is 0 Å². The molecule has 0 bridgehead atoms. The predicted molar refractivity (Wildman–Crippen MR) is 39.8 cm³/mol. The van der Waals surface area contributed by atoms with Gasteiger partial charge in [0.1, 0.15) is 0 Å². The van der Waals surface area contributed by atoms with Crippen molar-refractivity contribution in [1.82, 2.24) is 0 Å². The molecule has 60 valence electrons. The fourth-order valence-corrected chi connectivity index (χ4v) is 1.04. The molecule has 0 unspecified atom stereocenters. The SMILES string of the molecule is CC(C)(C)O[C@@H]1CCCO1. The van der Waals surface area contributed by atoms with E-state index in [-0.39, 0.29) is 11.9 Å². The van der Waals surface area contributed by atoms with Gasteiger partial charge in [0.05, 0.1) is 5.60 Å². The average Bonchev–Trinajstić information content (AvgIpc) is 2.12. The molecule has 1 fully saturated rings. The van der Waals surface area contributed by atoms with Gasteiger partial charge in [-0.1, -0.05) is 0 Å². The lowest BCUT2D eigenvalue weighted by Gasteiger charge is -2.23. The second-order valence-electron chi connectivity index (χ2n) is 3.67. The molecule has 1 saturated heterocycles. The van der Waals surface area contributed by atoms with Crippen LogP contribution < -0.4 is 0 Å². The second kappa shape index (κ2) is 2.89. The van der Waals surface area contributed by atoms with Crippen molar-refractivity contribution in [2.75, 3.05) is 6.61 Å². The highest BCUT2D eigenvalue weighted by molar-refractivity contribution is 4.63. The van der Waals surface area contributed by atoms with Crippen LogP contribution in [-0.4, -0.2) is 18.5 Å². The molecule has 2 heteroatoms. The monoisotopic (exact) mass is 144 g/mol. The lowest BCUT2D eigenvalue weighted by Crippen LogP contribution is -2.26. The molecule has 1 rings (SSSR count). The summed E-state index contributed by atoms with van der Waals surface area (Å²) in [5, 5.41) is 0. The maximum atomic E-state index is 5.58. The van der Waals surface area contributed by atoms with Gasteiger partial charge in [0.25, 0.3) is 0 Å². The fourth-order valence-electron chi connectivity index (χ4n) is 1.04. The molecule has 1 atom stereocenters. The van der Waals surface area contributed by atoms with Gasteiger partial charge in [-0.05, 0) is 27.2 Å². The third-order valence-corrected chi connectivity index (χ3v) is 1.37. The molecule has 1 heterocycles. The minimum atomic E-state index is -0.0605. The smallest absolute Gasteiger partial charge is 0.158 e. The number of rotatable bonds is 1. The van der Waals surface area contributed by atoms with Crippen LogP contribution in [0.3, 0.4) is 0 Å². The molecular formula is C8H16O2. The molecular weight excluding hydrogens is 128 g/mol. The number of hydrogen-bond acceptors (Lipinski definition) is 2.